The minimum absolute atomic E-state index is 0.0360. The van der Waals surface area contributed by atoms with Crippen LogP contribution in [0.3, 0.4) is 0 Å². The van der Waals surface area contributed by atoms with Gasteiger partial charge in [-0.3, -0.25) is 9.59 Å². The molecule has 1 fully saturated rings. The summed E-state index contributed by atoms with van der Waals surface area (Å²) < 4.78 is 5.28. The van der Waals surface area contributed by atoms with Crippen molar-refractivity contribution in [1.82, 2.24) is 9.88 Å². The minimum atomic E-state index is -0.134. The number of hydrogen-bond acceptors (Lipinski definition) is 5. The molecule has 0 unspecified atom stereocenters. The highest BCUT2D eigenvalue weighted by Crippen LogP contribution is 2.27. The molecule has 6 nitrogen and oxygen atoms in total. The highest BCUT2D eigenvalue weighted by molar-refractivity contribution is 7.98. The zero-order valence-electron chi connectivity index (χ0n) is 15.8. The zero-order valence-corrected chi connectivity index (χ0v) is 17.3. The SMILES string of the molecule is COc1ccc(Cl)cc1C(=O)N1CCC(C(=O)Nc2ccc(SC)nc2)CC1. The fraction of sp³-hybridized carbons (Fsp3) is 0.350. The summed E-state index contributed by atoms with van der Waals surface area (Å²) in [6.45, 7) is 1.02. The first-order valence-corrected chi connectivity index (χ1v) is 10.6. The Labute approximate surface area is 173 Å². The van der Waals surface area contributed by atoms with Gasteiger partial charge in [-0.05, 0) is 49.4 Å². The fourth-order valence-corrected chi connectivity index (χ4v) is 3.72. The van der Waals surface area contributed by atoms with Crippen LogP contribution in [0.2, 0.25) is 5.02 Å². The van der Waals surface area contributed by atoms with Gasteiger partial charge in [0, 0.05) is 24.0 Å². The number of pyridine rings is 1. The molecule has 0 spiro atoms. The number of ether oxygens (including phenoxy) is 1. The van der Waals surface area contributed by atoms with Crippen LogP contribution in [-0.4, -0.2) is 48.2 Å². The van der Waals surface area contributed by atoms with Crippen molar-refractivity contribution < 1.29 is 14.3 Å². The Morgan fingerprint density at radius 2 is 2.00 bits per heavy atom. The van der Waals surface area contributed by atoms with E-state index in [4.69, 9.17) is 16.3 Å². The Morgan fingerprint density at radius 1 is 1.25 bits per heavy atom. The molecule has 0 saturated carbocycles. The molecular formula is C20H22ClN3O3S. The third kappa shape index (κ3) is 4.77. The normalized spacial score (nSPS) is 14.6. The largest absolute Gasteiger partial charge is 0.496 e. The number of carbonyl (C=O) groups is 2. The van der Waals surface area contributed by atoms with Crippen molar-refractivity contribution in [2.45, 2.75) is 17.9 Å². The molecule has 1 aromatic heterocycles. The molecule has 0 radical (unpaired) electrons. The molecule has 0 bridgehead atoms. The van der Waals surface area contributed by atoms with Crippen molar-refractivity contribution >= 4 is 40.9 Å². The third-order valence-electron chi connectivity index (χ3n) is 4.76. The van der Waals surface area contributed by atoms with E-state index < -0.39 is 0 Å². The van der Waals surface area contributed by atoms with Crippen LogP contribution in [0.5, 0.6) is 5.75 Å². The number of nitrogens with zero attached hydrogens (tertiary/aromatic N) is 2. The van der Waals surface area contributed by atoms with Crippen molar-refractivity contribution in [3.05, 3.63) is 47.1 Å². The van der Waals surface area contributed by atoms with Crippen molar-refractivity contribution in [1.29, 1.82) is 0 Å². The predicted octanol–water partition coefficient (Wildman–Crippen LogP) is 3.96. The predicted molar refractivity (Wildman–Crippen MR) is 111 cm³/mol. The van der Waals surface area contributed by atoms with Crippen molar-refractivity contribution in [3.8, 4) is 5.75 Å². The van der Waals surface area contributed by atoms with Gasteiger partial charge in [-0.25, -0.2) is 4.98 Å². The van der Waals surface area contributed by atoms with Gasteiger partial charge < -0.3 is 15.0 Å². The Hall–Kier alpha value is -2.25. The number of nitrogens with one attached hydrogen (secondary N) is 1. The van der Waals surface area contributed by atoms with E-state index in [0.717, 1.165) is 5.03 Å². The van der Waals surface area contributed by atoms with E-state index in [0.29, 0.717) is 48.0 Å². The maximum atomic E-state index is 12.8. The fourth-order valence-electron chi connectivity index (χ4n) is 3.18. The molecule has 2 heterocycles. The topological polar surface area (TPSA) is 71.5 Å². The molecule has 1 N–H and O–H groups in total. The van der Waals surface area contributed by atoms with Crippen molar-refractivity contribution in [2.24, 2.45) is 5.92 Å². The summed E-state index contributed by atoms with van der Waals surface area (Å²) in [6.07, 6.45) is 4.83. The first-order chi connectivity index (χ1) is 13.5. The maximum absolute atomic E-state index is 12.8. The molecule has 2 amide bonds. The van der Waals surface area contributed by atoms with E-state index in [9.17, 15) is 9.59 Å². The molecule has 0 aliphatic carbocycles. The molecule has 148 valence electrons. The van der Waals surface area contributed by atoms with Crippen LogP contribution in [0.15, 0.2) is 41.6 Å². The smallest absolute Gasteiger partial charge is 0.257 e. The van der Waals surface area contributed by atoms with Gasteiger partial charge in [-0.15, -0.1) is 11.8 Å². The second-order valence-corrected chi connectivity index (χ2v) is 7.75. The highest BCUT2D eigenvalue weighted by Gasteiger charge is 2.29. The third-order valence-corrected chi connectivity index (χ3v) is 5.65. The lowest BCUT2D eigenvalue weighted by atomic mass is 9.95. The Morgan fingerprint density at radius 3 is 2.61 bits per heavy atom. The average Bonchev–Trinajstić information content (AvgIpc) is 2.73. The molecule has 2 aromatic rings. The van der Waals surface area contributed by atoms with E-state index in [1.165, 1.54) is 7.11 Å². The number of anilines is 1. The first kappa shape index (κ1) is 20.5. The molecule has 28 heavy (non-hydrogen) atoms. The molecule has 1 saturated heterocycles. The number of hydrogen-bond donors (Lipinski definition) is 1. The molecule has 8 heteroatoms. The number of halogens is 1. The van der Waals surface area contributed by atoms with Crippen LogP contribution in [0.1, 0.15) is 23.2 Å². The van der Waals surface area contributed by atoms with Crippen LogP contribution >= 0.6 is 23.4 Å². The van der Waals surface area contributed by atoms with Crippen molar-refractivity contribution in [3.63, 3.8) is 0 Å². The summed E-state index contributed by atoms with van der Waals surface area (Å²) in [7, 11) is 1.52. The summed E-state index contributed by atoms with van der Waals surface area (Å²) in [4.78, 5) is 31.4. The van der Waals surface area contributed by atoms with Crippen LogP contribution in [0.4, 0.5) is 5.69 Å². The van der Waals surface area contributed by atoms with Gasteiger partial charge in [0.1, 0.15) is 5.75 Å². The molecule has 1 aliphatic rings. The molecule has 1 aliphatic heterocycles. The van der Waals surface area contributed by atoms with Gasteiger partial charge in [-0.2, -0.15) is 0 Å². The lowest BCUT2D eigenvalue weighted by Gasteiger charge is -2.31. The highest BCUT2D eigenvalue weighted by atomic mass is 35.5. The van der Waals surface area contributed by atoms with Gasteiger partial charge in [-0.1, -0.05) is 11.6 Å². The number of amides is 2. The van der Waals surface area contributed by atoms with Crippen LogP contribution < -0.4 is 10.1 Å². The quantitative estimate of drug-likeness (QED) is 0.743. The second kappa shape index (κ2) is 9.30. The number of rotatable bonds is 5. The number of carbonyl (C=O) groups excluding carboxylic acids is 2. The molecule has 1 aromatic carbocycles. The lowest BCUT2D eigenvalue weighted by Crippen LogP contribution is -2.41. The van der Waals surface area contributed by atoms with Gasteiger partial charge in [0.25, 0.3) is 5.91 Å². The Balaban J connectivity index is 1.58. The Bertz CT molecular complexity index is 852. The minimum Gasteiger partial charge on any atom is -0.496 e. The average molecular weight is 420 g/mol. The van der Waals surface area contributed by atoms with Crippen LogP contribution in [-0.2, 0) is 4.79 Å². The summed E-state index contributed by atoms with van der Waals surface area (Å²) in [6, 6.07) is 8.72. The number of aromatic nitrogens is 1. The molecule has 3 rings (SSSR count). The molecule has 0 atom stereocenters. The van der Waals surface area contributed by atoms with Gasteiger partial charge in [0.2, 0.25) is 5.91 Å². The number of likely N-dealkylation sites (tertiary alicyclic amines) is 1. The van der Waals surface area contributed by atoms with E-state index >= 15 is 0 Å². The number of methoxy groups -OCH3 is 1. The van der Waals surface area contributed by atoms with E-state index in [-0.39, 0.29) is 17.7 Å². The molecular weight excluding hydrogens is 398 g/mol. The summed E-state index contributed by atoms with van der Waals surface area (Å²) >= 11 is 7.58. The summed E-state index contributed by atoms with van der Waals surface area (Å²) in [5.41, 5.74) is 1.13. The Kier molecular flexibility index (Phi) is 6.80. The number of benzene rings is 1. The lowest BCUT2D eigenvalue weighted by molar-refractivity contribution is -0.121. The van der Waals surface area contributed by atoms with Crippen LogP contribution in [0, 0.1) is 5.92 Å². The monoisotopic (exact) mass is 419 g/mol. The van der Waals surface area contributed by atoms with E-state index in [2.05, 4.69) is 10.3 Å². The maximum Gasteiger partial charge on any atom is 0.257 e. The van der Waals surface area contributed by atoms with Crippen LogP contribution in [0.25, 0.3) is 0 Å². The summed E-state index contributed by atoms with van der Waals surface area (Å²) in [5, 5.41) is 4.30. The summed E-state index contributed by atoms with van der Waals surface area (Å²) in [5.74, 6) is 0.196. The first-order valence-electron chi connectivity index (χ1n) is 8.95. The van der Waals surface area contributed by atoms with Gasteiger partial charge >= 0.3 is 0 Å². The standard InChI is InChI=1S/C20H22ClN3O3S/c1-27-17-5-3-14(21)11-16(17)20(26)24-9-7-13(8-10-24)19(25)23-15-4-6-18(28-2)22-12-15/h3-6,11-13H,7-10H2,1-2H3,(H,23,25). The number of thioether (sulfide) groups is 1. The van der Waals surface area contributed by atoms with E-state index in [1.807, 2.05) is 18.4 Å². The number of piperidine rings is 1. The second-order valence-electron chi connectivity index (χ2n) is 6.49. The van der Waals surface area contributed by atoms with Gasteiger partial charge in [0.15, 0.2) is 0 Å². The zero-order chi connectivity index (χ0) is 20.1. The van der Waals surface area contributed by atoms with Gasteiger partial charge in [0.05, 0.1) is 29.6 Å². The van der Waals surface area contributed by atoms with E-state index in [1.54, 1.807) is 41.1 Å². The van der Waals surface area contributed by atoms with Crippen molar-refractivity contribution in [2.75, 3.05) is 31.8 Å².